The molecule has 0 fully saturated rings. The molecule has 2 rings (SSSR count). The average Bonchev–Trinajstić information content (AvgIpc) is 2.56. The number of benzene rings is 2. The first kappa shape index (κ1) is 17.7. The van der Waals surface area contributed by atoms with Gasteiger partial charge in [-0.15, -0.1) is 0 Å². The highest BCUT2D eigenvalue weighted by molar-refractivity contribution is 5.17. The second-order valence-corrected chi connectivity index (χ2v) is 6.33. The standard InChI is InChI=1S/C21H29NO/c1-3-4-15-21(18(2)23)22(16-19-11-7-5-8-12-19)17-20-13-9-6-10-14-20/h5-14,18,21,23H,3-4,15-17H2,1-2H3. The Labute approximate surface area is 140 Å². The Hall–Kier alpha value is -1.64. The Balaban J connectivity index is 2.18. The van der Waals surface area contributed by atoms with Gasteiger partial charge in [0, 0.05) is 19.1 Å². The zero-order chi connectivity index (χ0) is 16.5. The van der Waals surface area contributed by atoms with Gasteiger partial charge in [0.2, 0.25) is 0 Å². The Morgan fingerprint density at radius 2 is 1.35 bits per heavy atom. The van der Waals surface area contributed by atoms with Gasteiger partial charge in [-0.1, -0.05) is 80.4 Å². The lowest BCUT2D eigenvalue weighted by Crippen LogP contribution is -2.41. The van der Waals surface area contributed by atoms with Crippen molar-refractivity contribution in [2.45, 2.75) is 58.3 Å². The first-order chi connectivity index (χ1) is 11.2. The Bertz CT molecular complexity index is 497. The summed E-state index contributed by atoms with van der Waals surface area (Å²) < 4.78 is 0. The monoisotopic (exact) mass is 311 g/mol. The van der Waals surface area contributed by atoms with E-state index in [1.165, 1.54) is 11.1 Å². The van der Waals surface area contributed by atoms with Gasteiger partial charge in [-0.3, -0.25) is 4.90 Å². The van der Waals surface area contributed by atoms with Gasteiger partial charge in [-0.05, 0) is 24.5 Å². The molecule has 2 aromatic carbocycles. The third kappa shape index (κ3) is 5.81. The van der Waals surface area contributed by atoms with Crippen molar-refractivity contribution >= 4 is 0 Å². The molecular formula is C21H29NO. The van der Waals surface area contributed by atoms with Crippen LogP contribution >= 0.6 is 0 Å². The molecule has 0 saturated carbocycles. The minimum atomic E-state index is -0.325. The summed E-state index contributed by atoms with van der Waals surface area (Å²) in [7, 11) is 0. The highest BCUT2D eigenvalue weighted by atomic mass is 16.3. The molecule has 0 aliphatic carbocycles. The van der Waals surface area contributed by atoms with E-state index < -0.39 is 0 Å². The van der Waals surface area contributed by atoms with Gasteiger partial charge in [0.25, 0.3) is 0 Å². The van der Waals surface area contributed by atoms with E-state index in [1.54, 1.807) is 0 Å². The first-order valence-electron chi connectivity index (χ1n) is 8.70. The molecule has 0 saturated heterocycles. The number of aliphatic hydroxyl groups is 1. The van der Waals surface area contributed by atoms with Gasteiger partial charge < -0.3 is 5.11 Å². The van der Waals surface area contributed by atoms with Crippen LogP contribution in [0.3, 0.4) is 0 Å². The molecular weight excluding hydrogens is 282 g/mol. The van der Waals surface area contributed by atoms with E-state index in [2.05, 4.69) is 60.4 Å². The molecule has 0 aliphatic rings. The molecule has 0 radical (unpaired) electrons. The molecule has 1 N–H and O–H groups in total. The molecule has 23 heavy (non-hydrogen) atoms. The van der Waals surface area contributed by atoms with Gasteiger partial charge >= 0.3 is 0 Å². The van der Waals surface area contributed by atoms with E-state index >= 15 is 0 Å². The normalized spacial score (nSPS) is 13.9. The average molecular weight is 311 g/mol. The Morgan fingerprint density at radius 3 is 1.74 bits per heavy atom. The minimum absolute atomic E-state index is 0.190. The van der Waals surface area contributed by atoms with Crippen LogP contribution in [0.4, 0.5) is 0 Å². The van der Waals surface area contributed by atoms with Gasteiger partial charge in [0.05, 0.1) is 6.10 Å². The summed E-state index contributed by atoms with van der Waals surface area (Å²) in [6, 6.07) is 21.3. The Kier molecular flexibility index (Phi) is 7.31. The van der Waals surface area contributed by atoms with E-state index in [4.69, 9.17) is 0 Å². The van der Waals surface area contributed by atoms with Crippen molar-refractivity contribution in [3.8, 4) is 0 Å². The van der Waals surface area contributed by atoms with Crippen LogP contribution in [0.25, 0.3) is 0 Å². The fourth-order valence-corrected chi connectivity index (χ4v) is 3.07. The number of nitrogens with zero attached hydrogens (tertiary/aromatic N) is 1. The van der Waals surface area contributed by atoms with E-state index in [9.17, 15) is 5.11 Å². The van der Waals surface area contributed by atoms with Crippen LogP contribution in [0.1, 0.15) is 44.2 Å². The molecule has 0 aromatic heterocycles. The summed E-state index contributed by atoms with van der Waals surface area (Å²) in [5.74, 6) is 0. The number of aliphatic hydroxyl groups excluding tert-OH is 1. The quantitative estimate of drug-likeness (QED) is 0.730. The van der Waals surface area contributed by atoms with E-state index in [0.717, 1.165) is 32.4 Å². The predicted octanol–water partition coefficient (Wildman–Crippen LogP) is 4.63. The third-order valence-electron chi connectivity index (χ3n) is 4.34. The van der Waals surface area contributed by atoms with Crippen LogP contribution in [-0.2, 0) is 13.1 Å². The van der Waals surface area contributed by atoms with Crippen LogP contribution in [0.5, 0.6) is 0 Å². The molecule has 0 amide bonds. The smallest absolute Gasteiger partial charge is 0.0667 e. The summed E-state index contributed by atoms with van der Waals surface area (Å²) in [4.78, 5) is 2.42. The van der Waals surface area contributed by atoms with E-state index in [0.29, 0.717) is 0 Å². The predicted molar refractivity (Wildman–Crippen MR) is 97.1 cm³/mol. The molecule has 2 nitrogen and oxygen atoms in total. The summed E-state index contributed by atoms with van der Waals surface area (Å²) in [5.41, 5.74) is 2.59. The lowest BCUT2D eigenvalue weighted by Gasteiger charge is -2.34. The zero-order valence-electron chi connectivity index (χ0n) is 14.4. The van der Waals surface area contributed by atoms with E-state index in [1.807, 2.05) is 19.1 Å². The van der Waals surface area contributed by atoms with Gasteiger partial charge in [-0.25, -0.2) is 0 Å². The van der Waals surface area contributed by atoms with Crippen LogP contribution in [0.2, 0.25) is 0 Å². The number of hydrogen-bond acceptors (Lipinski definition) is 2. The topological polar surface area (TPSA) is 23.5 Å². The van der Waals surface area contributed by atoms with E-state index in [-0.39, 0.29) is 12.1 Å². The van der Waals surface area contributed by atoms with Crippen molar-refractivity contribution in [3.05, 3.63) is 71.8 Å². The lowest BCUT2D eigenvalue weighted by molar-refractivity contribution is 0.0443. The minimum Gasteiger partial charge on any atom is -0.392 e. The van der Waals surface area contributed by atoms with Gasteiger partial charge in [-0.2, -0.15) is 0 Å². The number of unbranched alkanes of at least 4 members (excludes halogenated alkanes) is 1. The fraction of sp³-hybridized carbons (Fsp3) is 0.429. The van der Waals surface area contributed by atoms with Gasteiger partial charge in [0.1, 0.15) is 0 Å². The highest BCUT2D eigenvalue weighted by Crippen LogP contribution is 2.19. The molecule has 2 heteroatoms. The molecule has 0 bridgehead atoms. The first-order valence-corrected chi connectivity index (χ1v) is 8.70. The third-order valence-corrected chi connectivity index (χ3v) is 4.34. The van der Waals surface area contributed by atoms with Crippen molar-refractivity contribution in [3.63, 3.8) is 0 Å². The van der Waals surface area contributed by atoms with Crippen molar-refractivity contribution < 1.29 is 5.11 Å². The molecule has 124 valence electrons. The number of rotatable bonds is 9. The molecule has 2 unspecified atom stereocenters. The molecule has 0 aliphatic heterocycles. The van der Waals surface area contributed by atoms with Crippen LogP contribution in [0.15, 0.2) is 60.7 Å². The van der Waals surface area contributed by atoms with Crippen LogP contribution in [0, 0.1) is 0 Å². The zero-order valence-corrected chi connectivity index (χ0v) is 14.4. The lowest BCUT2D eigenvalue weighted by atomic mass is 10.0. The van der Waals surface area contributed by atoms with Crippen molar-refractivity contribution in [2.75, 3.05) is 0 Å². The van der Waals surface area contributed by atoms with Crippen molar-refractivity contribution in [1.82, 2.24) is 4.90 Å². The Morgan fingerprint density at radius 1 is 0.870 bits per heavy atom. The largest absolute Gasteiger partial charge is 0.392 e. The van der Waals surface area contributed by atoms with Crippen LogP contribution < -0.4 is 0 Å². The summed E-state index contributed by atoms with van der Waals surface area (Å²) >= 11 is 0. The van der Waals surface area contributed by atoms with Gasteiger partial charge in [0.15, 0.2) is 0 Å². The SMILES string of the molecule is CCCCC(C(C)O)N(Cc1ccccc1)Cc1ccccc1. The maximum Gasteiger partial charge on any atom is 0.0667 e. The van der Waals surface area contributed by atoms with Crippen molar-refractivity contribution in [1.29, 1.82) is 0 Å². The summed E-state index contributed by atoms with van der Waals surface area (Å²) in [5, 5.41) is 10.3. The molecule has 0 spiro atoms. The van der Waals surface area contributed by atoms with Crippen LogP contribution in [-0.4, -0.2) is 22.2 Å². The number of hydrogen-bond donors (Lipinski definition) is 1. The molecule has 2 aromatic rings. The second-order valence-electron chi connectivity index (χ2n) is 6.33. The highest BCUT2D eigenvalue weighted by Gasteiger charge is 2.23. The molecule has 0 heterocycles. The maximum atomic E-state index is 10.3. The summed E-state index contributed by atoms with van der Waals surface area (Å²) in [6.45, 7) is 5.87. The van der Waals surface area contributed by atoms with Crippen molar-refractivity contribution in [2.24, 2.45) is 0 Å². The fourth-order valence-electron chi connectivity index (χ4n) is 3.07. The second kappa shape index (κ2) is 9.49. The maximum absolute atomic E-state index is 10.3. The molecule has 2 atom stereocenters. The summed E-state index contributed by atoms with van der Waals surface area (Å²) in [6.07, 6.45) is 3.02.